The summed E-state index contributed by atoms with van der Waals surface area (Å²) in [7, 11) is 0. The highest BCUT2D eigenvalue weighted by Crippen LogP contribution is 2.40. The van der Waals surface area contributed by atoms with E-state index >= 15 is 0 Å². The molecule has 1 aromatic carbocycles. The molecule has 2 nitrogen and oxygen atoms in total. The van der Waals surface area contributed by atoms with Crippen molar-refractivity contribution in [2.24, 2.45) is 11.1 Å². The summed E-state index contributed by atoms with van der Waals surface area (Å²) in [4.78, 5) is 2.49. The van der Waals surface area contributed by atoms with Crippen molar-refractivity contribution in [3.05, 3.63) is 29.8 Å². The number of hydrogen-bond acceptors (Lipinski definition) is 2. The summed E-state index contributed by atoms with van der Waals surface area (Å²) in [5.74, 6) is 0. The van der Waals surface area contributed by atoms with E-state index in [1.165, 1.54) is 24.1 Å². The van der Waals surface area contributed by atoms with Crippen LogP contribution in [0.5, 0.6) is 0 Å². The van der Waals surface area contributed by atoms with Gasteiger partial charge in [-0.25, -0.2) is 0 Å². The lowest BCUT2D eigenvalue weighted by Crippen LogP contribution is -2.49. The minimum atomic E-state index is 0.261. The van der Waals surface area contributed by atoms with Gasteiger partial charge in [-0.15, -0.1) is 0 Å². The third kappa shape index (κ3) is 2.26. The van der Waals surface area contributed by atoms with Crippen LogP contribution in [0.15, 0.2) is 24.3 Å². The number of likely N-dealkylation sites (N-methyl/N-ethyl adjacent to an activating group) is 1. The maximum absolute atomic E-state index is 6.48. The predicted molar refractivity (Wildman–Crippen MR) is 79.0 cm³/mol. The summed E-state index contributed by atoms with van der Waals surface area (Å²) in [6, 6.07) is 9.37. The molecule has 0 saturated heterocycles. The van der Waals surface area contributed by atoms with E-state index in [-0.39, 0.29) is 11.5 Å². The fourth-order valence-corrected chi connectivity index (χ4v) is 3.21. The van der Waals surface area contributed by atoms with Crippen molar-refractivity contribution < 1.29 is 0 Å². The number of anilines is 1. The molecule has 1 aromatic rings. The number of aryl methyl sites for hydroxylation is 1. The van der Waals surface area contributed by atoms with Gasteiger partial charge in [-0.3, -0.25) is 0 Å². The Morgan fingerprint density at radius 1 is 1.33 bits per heavy atom. The van der Waals surface area contributed by atoms with Crippen LogP contribution in [0, 0.1) is 12.3 Å². The highest BCUT2D eigenvalue weighted by atomic mass is 15.2. The van der Waals surface area contributed by atoms with E-state index in [2.05, 4.69) is 56.9 Å². The van der Waals surface area contributed by atoms with Gasteiger partial charge in [0.1, 0.15) is 0 Å². The molecule has 0 aromatic heterocycles. The lowest BCUT2D eigenvalue weighted by molar-refractivity contribution is 0.319. The molecule has 18 heavy (non-hydrogen) atoms. The lowest BCUT2D eigenvalue weighted by Gasteiger charge is -2.36. The topological polar surface area (TPSA) is 29.3 Å². The van der Waals surface area contributed by atoms with Gasteiger partial charge in [0.05, 0.1) is 0 Å². The highest BCUT2D eigenvalue weighted by Gasteiger charge is 2.42. The van der Waals surface area contributed by atoms with Gasteiger partial charge < -0.3 is 10.6 Å². The maximum Gasteiger partial charge on any atom is 0.0446 e. The second-order valence-corrected chi connectivity index (χ2v) is 6.19. The smallest absolute Gasteiger partial charge is 0.0446 e. The number of rotatable bonds is 3. The zero-order chi connectivity index (χ0) is 13.3. The van der Waals surface area contributed by atoms with Crippen LogP contribution in [0.2, 0.25) is 0 Å². The van der Waals surface area contributed by atoms with Crippen LogP contribution in [0.3, 0.4) is 0 Å². The minimum absolute atomic E-state index is 0.261. The summed E-state index contributed by atoms with van der Waals surface area (Å²) in [6.45, 7) is 10.0. The molecule has 0 radical (unpaired) electrons. The normalized spacial score (nSPS) is 26.3. The van der Waals surface area contributed by atoms with E-state index in [9.17, 15) is 0 Å². The molecule has 0 bridgehead atoms. The molecule has 0 amide bonds. The maximum atomic E-state index is 6.48. The summed E-state index contributed by atoms with van der Waals surface area (Å²) in [6.07, 6.45) is 2.43. The summed E-state index contributed by atoms with van der Waals surface area (Å²) >= 11 is 0. The van der Waals surface area contributed by atoms with Crippen molar-refractivity contribution >= 4 is 5.69 Å². The Balaban J connectivity index is 2.28. The molecule has 2 heteroatoms. The molecule has 1 fully saturated rings. The fraction of sp³-hybridized carbons (Fsp3) is 0.625. The molecule has 1 aliphatic carbocycles. The molecule has 2 atom stereocenters. The van der Waals surface area contributed by atoms with Gasteiger partial charge in [0.2, 0.25) is 0 Å². The van der Waals surface area contributed by atoms with Crippen LogP contribution in [0.4, 0.5) is 5.69 Å². The molecule has 100 valence electrons. The molecule has 1 saturated carbocycles. The first kappa shape index (κ1) is 13.4. The van der Waals surface area contributed by atoms with Crippen molar-refractivity contribution in [2.75, 3.05) is 11.4 Å². The Morgan fingerprint density at radius 3 is 2.50 bits per heavy atom. The first-order valence-corrected chi connectivity index (χ1v) is 7.05. The lowest BCUT2D eigenvalue weighted by atomic mass is 9.87. The fourth-order valence-electron chi connectivity index (χ4n) is 3.21. The van der Waals surface area contributed by atoms with Gasteiger partial charge >= 0.3 is 0 Å². The van der Waals surface area contributed by atoms with Crippen molar-refractivity contribution in [1.82, 2.24) is 0 Å². The van der Waals surface area contributed by atoms with E-state index in [0.717, 1.165) is 6.54 Å². The zero-order valence-electron chi connectivity index (χ0n) is 12.1. The molecule has 0 spiro atoms. The van der Waals surface area contributed by atoms with Crippen molar-refractivity contribution in [3.63, 3.8) is 0 Å². The van der Waals surface area contributed by atoms with Gasteiger partial charge in [-0.2, -0.15) is 0 Å². The van der Waals surface area contributed by atoms with Gasteiger partial charge in [-0.05, 0) is 43.7 Å². The largest absolute Gasteiger partial charge is 0.367 e. The van der Waals surface area contributed by atoms with Gasteiger partial charge in [0.15, 0.2) is 0 Å². The first-order valence-electron chi connectivity index (χ1n) is 7.05. The van der Waals surface area contributed by atoms with E-state index in [1.807, 2.05) is 0 Å². The van der Waals surface area contributed by atoms with Crippen molar-refractivity contribution in [2.45, 2.75) is 52.6 Å². The molecule has 0 aliphatic heterocycles. The number of hydrogen-bond donors (Lipinski definition) is 1. The first-order chi connectivity index (χ1) is 8.47. The van der Waals surface area contributed by atoms with Gasteiger partial charge in [0, 0.05) is 24.3 Å². The second-order valence-electron chi connectivity index (χ2n) is 6.19. The zero-order valence-corrected chi connectivity index (χ0v) is 12.1. The Bertz CT molecular complexity index is 411. The average Bonchev–Trinajstić information content (AvgIpc) is 2.60. The van der Waals surface area contributed by atoms with Crippen LogP contribution in [-0.4, -0.2) is 18.6 Å². The van der Waals surface area contributed by atoms with Crippen LogP contribution >= 0.6 is 0 Å². The Morgan fingerprint density at radius 2 is 2.00 bits per heavy atom. The quantitative estimate of drug-likeness (QED) is 0.886. The second kappa shape index (κ2) is 4.93. The number of nitrogens with two attached hydrogens (primary N) is 1. The predicted octanol–water partition coefficient (Wildman–Crippen LogP) is 3.34. The molecular formula is C16H26N2. The molecular weight excluding hydrogens is 220 g/mol. The monoisotopic (exact) mass is 246 g/mol. The Hall–Kier alpha value is -1.02. The van der Waals surface area contributed by atoms with E-state index in [1.54, 1.807) is 0 Å². The van der Waals surface area contributed by atoms with Gasteiger partial charge in [-0.1, -0.05) is 32.0 Å². The van der Waals surface area contributed by atoms with Gasteiger partial charge in [0.25, 0.3) is 0 Å². The SMILES string of the molecule is CCN(c1ccccc1C)C1CCC(C)(C)C1N. The molecule has 2 rings (SSSR count). The van der Waals surface area contributed by atoms with Crippen LogP contribution in [-0.2, 0) is 0 Å². The van der Waals surface area contributed by atoms with E-state index < -0.39 is 0 Å². The molecule has 2 N–H and O–H groups in total. The third-order valence-electron chi connectivity index (χ3n) is 4.57. The Labute approximate surface area is 111 Å². The van der Waals surface area contributed by atoms with Crippen LogP contribution in [0.1, 0.15) is 39.2 Å². The third-order valence-corrected chi connectivity index (χ3v) is 4.57. The van der Waals surface area contributed by atoms with E-state index in [0.29, 0.717) is 6.04 Å². The number of nitrogens with zero attached hydrogens (tertiary/aromatic N) is 1. The van der Waals surface area contributed by atoms with Crippen molar-refractivity contribution in [3.8, 4) is 0 Å². The van der Waals surface area contributed by atoms with E-state index in [4.69, 9.17) is 5.73 Å². The average molecular weight is 246 g/mol. The summed E-state index contributed by atoms with van der Waals surface area (Å²) < 4.78 is 0. The van der Waals surface area contributed by atoms with Crippen molar-refractivity contribution in [1.29, 1.82) is 0 Å². The Kier molecular flexibility index (Phi) is 3.67. The standard InChI is InChI=1S/C16H26N2/c1-5-18(13-9-7-6-8-12(13)2)14-10-11-16(3,4)15(14)17/h6-9,14-15H,5,10-11,17H2,1-4H3. The summed E-state index contributed by atoms with van der Waals surface area (Å²) in [5.41, 5.74) is 9.43. The van der Waals surface area contributed by atoms with Crippen LogP contribution < -0.4 is 10.6 Å². The number of para-hydroxylation sites is 1. The minimum Gasteiger partial charge on any atom is -0.367 e. The molecule has 0 heterocycles. The number of benzene rings is 1. The molecule has 2 unspecified atom stereocenters. The summed E-state index contributed by atoms with van der Waals surface area (Å²) in [5, 5.41) is 0. The highest BCUT2D eigenvalue weighted by molar-refractivity contribution is 5.54. The molecule has 1 aliphatic rings. The van der Waals surface area contributed by atoms with Crippen LogP contribution in [0.25, 0.3) is 0 Å².